The molecule has 3 nitrogen and oxygen atoms in total. The number of aromatic nitrogens is 2. The van der Waals surface area contributed by atoms with E-state index in [2.05, 4.69) is 162 Å². The average Bonchev–Trinajstić information content (AvgIpc) is 3.73. The molecule has 234 valence electrons. The van der Waals surface area contributed by atoms with E-state index < -0.39 is 0 Å². The molecule has 0 aliphatic rings. The second-order valence-electron chi connectivity index (χ2n) is 12.8. The molecule has 0 amide bonds. The van der Waals surface area contributed by atoms with Gasteiger partial charge in [0.25, 0.3) is 0 Å². The third-order valence-electron chi connectivity index (χ3n) is 9.79. The Morgan fingerprint density at radius 2 is 0.840 bits per heavy atom. The molecule has 0 N–H and O–H groups in total. The standard InChI is InChI=1S/C47H30N2O/c1-4-12-31(13-5-1)34-20-23-38-39-24-21-35(36-26-42(32-14-6-2-7-15-32)48-43(27-36)33-16-8-3-9-17-33)29-45(39)49(44(38)28-34)37-22-25-41-40-18-10-11-19-46(40)50-47(41)30-37/h1-30H. The van der Waals surface area contributed by atoms with Crippen LogP contribution in [0.5, 0.6) is 0 Å². The predicted molar refractivity (Wildman–Crippen MR) is 208 cm³/mol. The third-order valence-corrected chi connectivity index (χ3v) is 9.79. The first-order valence-corrected chi connectivity index (χ1v) is 17.0. The van der Waals surface area contributed by atoms with Gasteiger partial charge in [0, 0.05) is 44.4 Å². The van der Waals surface area contributed by atoms with Crippen LogP contribution in [0.3, 0.4) is 0 Å². The summed E-state index contributed by atoms with van der Waals surface area (Å²) in [5.41, 5.74) is 13.8. The Bertz CT molecular complexity index is 2790. The van der Waals surface area contributed by atoms with Gasteiger partial charge in [0.2, 0.25) is 0 Å². The van der Waals surface area contributed by atoms with E-state index in [1.165, 1.54) is 21.9 Å². The number of hydrogen-bond donors (Lipinski definition) is 0. The molecule has 0 aliphatic carbocycles. The molecule has 10 rings (SSSR count). The molecule has 7 aromatic carbocycles. The van der Waals surface area contributed by atoms with Gasteiger partial charge in [0.15, 0.2) is 0 Å². The fourth-order valence-electron chi connectivity index (χ4n) is 7.35. The lowest BCUT2D eigenvalue weighted by atomic mass is 9.98. The summed E-state index contributed by atoms with van der Waals surface area (Å²) in [7, 11) is 0. The first-order chi connectivity index (χ1) is 24.8. The summed E-state index contributed by atoms with van der Waals surface area (Å²) in [6.07, 6.45) is 0. The van der Waals surface area contributed by atoms with Crippen molar-refractivity contribution in [1.29, 1.82) is 0 Å². The molecular formula is C47H30N2O. The van der Waals surface area contributed by atoms with Gasteiger partial charge in [0.1, 0.15) is 11.2 Å². The van der Waals surface area contributed by atoms with E-state index in [9.17, 15) is 0 Å². The van der Waals surface area contributed by atoms with Crippen LogP contribution < -0.4 is 0 Å². The Balaban J connectivity index is 1.23. The molecule has 0 bridgehead atoms. The molecule has 0 unspecified atom stereocenters. The summed E-state index contributed by atoms with van der Waals surface area (Å²) >= 11 is 0. The zero-order chi connectivity index (χ0) is 33.0. The van der Waals surface area contributed by atoms with Gasteiger partial charge in [-0.1, -0.05) is 133 Å². The van der Waals surface area contributed by atoms with Crippen molar-refractivity contribution in [2.24, 2.45) is 0 Å². The highest BCUT2D eigenvalue weighted by atomic mass is 16.3. The van der Waals surface area contributed by atoms with Crippen LogP contribution in [-0.2, 0) is 0 Å². The maximum absolute atomic E-state index is 6.39. The third kappa shape index (κ3) is 4.71. The summed E-state index contributed by atoms with van der Waals surface area (Å²) in [6.45, 7) is 0. The van der Waals surface area contributed by atoms with Crippen LogP contribution in [-0.4, -0.2) is 9.55 Å². The van der Waals surface area contributed by atoms with Gasteiger partial charge in [-0.25, -0.2) is 4.98 Å². The Labute approximate surface area is 289 Å². The lowest BCUT2D eigenvalue weighted by Crippen LogP contribution is -1.95. The number of hydrogen-bond acceptors (Lipinski definition) is 2. The van der Waals surface area contributed by atoms with Crippen molar-refractivity contribution in [3.63, 3.8) is 0 Å². The van der Waals surface area contributed by atoms with Crippen LogP contribution in [0, 0.1) is 0 Å². The van der Waals surface area contributed by atoms with Crippen molar-refractivity contribution in [2.45, 2.75) is 0 Å². The van der Waals surface area contributed by atoms with Gasteiger partial charge in [-0.2, -0.15) is 0 Å². The van der Waals surface area contributed by atoms with E-state index in [0.29, 0.717) is 0 Å². The van der Waals surface area contributed by atoms with Gasteiger partial charge in [-0.15, -0.1) is 0 Å². The molecular weight excluding hydrogens is 609 g/mol. The number of furan rings is 1. The Hall–Kier alpha value is -6.71. The fraction of sp³-hybridized carbons (Fsp3) is 0. The van der Waals surface area contributed by atoms with E-state index in [-0.39, 0.29) is 0 Å². The minimum Gasteiger partial charge on any atom is -0.456 e. The highest BCUT2D eigenvalue weighted by Gasteiger charge is 2.17. The molecule has 0 saturated heterocycles. The van der Waals surface area contributed by atoms with Crippen molar-refractivity contribution in [3.05, 3.63) is 182 Å². The number of rotatable bonds is 5. The molecule has 3 heteroatoms. The summed E-state index contributed by atoms with van der Waals surface area (Å²) in [5, 5.41) is 4.66. The van der Waals surface area contributed by atoms with Crippen LogP contribution in [0.2, 0.25) is 0 Å². The summed E-state index contributed by atoms with van der Waals surface area (Å²) in [4.78, 5) is 5.13. The molecule has 3 heterocycles. The maximum Gasteiger partial charge on any atom is 0.137 e. The highest BCUT2D eigenvalue weighted by molar-refractivity contribution is 6.12. The molecule has 0 spiro atoms. The van der Waals surface area contributed by atoms with Crippen molar-refractivity contribution in [1.82, 2.24) is 9.55 Å². The molecule has 0 atom stereocenters. The van der Waals surface area contributed by atoms with E-state index in [1.807, 2.05) is 24.3 Å². The van der Waals surface area contributed by atoms with E-state index >= 15 is 0 Å². The zero-order valence-electron chi connectivity index (χ0n) is 27.1. The van der Waals surface area contributed by atoms with Gasteiger partial charge in [0.05, 0.1) is 22.4 Å². The first-order valence-electron chi connectivity index (χ1n) is 17.0. The van der Waals surface area contributed by atoms with Crippen LogP contribution in [0.15, 0.2) is 186 Å². The monoisotopic (exact) mass is 638 g/mol. The Morgan fingerprint density at radius 3 is 1.46 bits per heavy atom. The van der Waals surface area contributed by atoms with Crippen molar-refractivity contribution in [3.8, 4) is 50.5 Å². The normalized spacial score (nSPS) is 11.6. The smallest absolute Gasteiger partial charge is 0.137 e. The number of pyridine rings is 1. The van der Waals surface area contributed by atoms with Gasteiger partial charge >= 0.3 is 0 Å². The second-order valence-corrected chi connectivity index (χ2v) is 12.8. The van der Waals surface area contributed by atoms with Crippen LogP contribution >= 0.6 is 0 Å². The highest BCUT2D eigenvalue weighted by Crippen LogP contribution is 2.39. The molecule has 0 radical (unpaired) electrons. The lowest BCUT2D eigenvalue weighted by molar-refractivity contribution is 0.668. The van der Waals surface area contributed by atoms with Gasteiger partial charge in [-0.3, -0.25) is 0 Å². The predicted octanol–water partition coefficient (Wildman–Crippen LogP) is 12.7. The van der Waals surface area contributed by atoms with Crippen LogP contribution in [0.25, 0.3) is 94.2 Å². The number of nitrogens with zero attached hydrogens (tertiary/aromatic N) is 2. The van der Waals surface area contributed by atoms with E-state index in [4.69, 9.17) is 9.40 Å². The van der Waals surface area contributed by atoms with Gasteiger partial charge in [-0.05, 0) is 64.7 Å². The van der Waals surface area contributed by atoms with Crippen molar-refractivity contribution >= 4 is 43.7 Å². The lowest BCUT2D eigenvalue weighted by Gasteiger charge is -2.12. The Kier molecular flexibility index (Phi) is 6.49. The summed E-state index contributed by atoms with van der Waals surface area (Å²) in [6, 6.07) is 64.4. The van der Waals surface area contributed by atoms with E-state index in [1.54, 1.807) is 0 Å². The largest absolute Gasteiger partial charge is 0.456 e. The second kappa shape index (κ2) is 11.5. The number of para-hydroxylation sites is 1. The number of fused-ring (bicyclic) bond motifs is 6. The van der Waals surface area contributed by atoms with Crippen LogP contribution in [0.1, 0.15) is 0 Å². The zero-order valence-corrected chi connectivity index (χ0v) is 27.1. The molecule has 10 aromatic rings. The molecule has 3 aromatic heterocycles. The summed E-state index contributed by atoms with van der Waals surface area (Å²) in [5.74, 6) is 0. The van der Waals surface area contributed by atoms with Crippen molar-refractivity contribution in [2.75, 3.05) is 0 Å². The SMILES string of the molecule is c1ccc(-c2ccc3c4ccc(-c5cc(-c6ccccc6)nc(-c6ccccc6)c5)cc4n(-c4ccc5c(c4)oc4ccccc45)c3c2)cc1. The van der Waals surface area contributed by atoms with E-state index in [0.717, 1.165) is 72.3 Å². The minimum atomic E-state index is 0.878. The van der Waals surface area contributed by atoms with Crippen molar-refractivity contribution < 1.29 is 4.42 Å². The van der Waals surface area contributed by atoms with Crippen LogP contribution in [0.4, 0.5) is 0 Å². The van der Waals surface area contributed by atoms with Gasteiger partial charge < -0.3 is 8.98 Å². The Morgan fingerprint density at radius 1 is 0.340 bits per heavy atom. The number of benzene rings is 7. The average molecular weight is 639 g/mol. The molecule has 0 saturated carbocycles. The molecule has 0 fully saturated rings. The quantitative estimate of drug-likeness (QED) is 0.188. The minimum absolute atomic E-state index is 0.878. The fourth-order valence-corrected chi connectivity index (χ4v) is 7.35. The summed E-state index contributed by atoms with van der Waals surface area (Å²) < 4.78 is 8.79. The maximum atomic E-state index is 6.39. The molecule has 0 aliphatic heterocycles. The molecule has 50 heavy (non-hydrogen) atoms. The first kappa shape index (κ1) is 28.3. The topological polar surface area (TPSA) is 31.0 Å².